The van der Waals surface area contributed by atoms with Crippen LogP contribution in [0.2, 0.25) is 0 Å². The topological polar surface area (TPSA) is 82.5 Å². The number of aromatic nitrogens is 2. The van der Waals surface area contributed by atoms with Crippen LogP contribution in [0.1, 0.15) is 13.3 Å². The van der Waals surface area contributed by atoms with Gasteiger partial charge < -0.3 is 14.8 Å². The van der Waals surface area contributed by atoms with Crippen LogP contribution in [0.3, 0.4) is 0 Å². The number of hydrogen-bond donors (Lipinski definition) is 1. The number of rotatable bonds is 8. The first kappa shape index (κ1) is 22.9. The summed E-state index contributed by atoms with van der Waals surface area (Å²) < 4.78 is 12.7. The minimum atomic E-state index is -0.470. The van der Waals surface area contributed by atoms with Gasteiger partial charge in [-0.25, -0.2) is 4.98 Å². The Hall–Kier alpha value is -3.30. The number of methoxy groups -OCH3 is 2. The lowest BCUT2D eigenvalue weighted by Gasteiger charge is -2.18. The smallest absolute Gasteiger partial charge is 0.276 e. The maximum atomic E-state index is 13.4. The summed E-state index contributed by atoms with van der Waals surface area (Å²) in [5.41, 5.74) is 1.71. The summed E-state index contributed by atoms with van der Waals surface area (Å²) in [5, 5.41) is 4.77. The summed E-state index contributed by atoms with van der Waals surface area (Å²) in [6.07, 6.45) is 0.547. The molecule has 2 heterocycles. The SMILES string of the molecule is CCC(Sc1nc2ccsc2c(=O)n1-c1ccc(OC)cc1)C(=O)Nc1ccccc1OC. The molecular formula is C24H23N3O4S2. The monoisotopic (exact) mass is 481 g/mol. The Balaban J connectivity index is 1.71. The number of thiophene rings is 1. The van der Waals surface area contributed by atoms with Crippen molar-refractivity contribution in [3.8, 4) is 17.2 Å². The summed E-state index contributed by atoms with van der Waals surface area (Å²) in [4.78, 5) is 31.2. The molecule has 0 aliphatic heterocycles. The van der Waals surface area contributed by atoms with E-state index in [-0.39, 0.29) is 11.5 Å². The van der Waals surface area contributed by atoms with Gasteiger partial charge in [0, 0.05) is 0 Å². The van der Waals surface area contributed by atoms with E-state index in [0.29, 0.717) is 44.7 Å². The number of thioether (sulfide) groups is 1. The van der Waals surface area contributed by atoms with Crippen molar-refractivity contribution >= 4 is 44.9 Å². The van der Waals surface area contributed by atoms with Crippen LogP contribution in [-0.2, 0) is 4.79 Å². The van der Waals surface area contributed by atoms with Crippen molar-refractivity contribution < 1.29 is 14.3 Å². The van der Waals surface area contributed by atoms with E-state index >= 15 is 0 Å². The number of anilines is 1. The first-order valence-corrected chi connectivity index (χ1v) is 12.1. The standard InChI is InChI=1S/C24H23N3O4S2/c1-4-20(22(28)25-17-7-5-6-8-19(17)31-3)33-24-26-18-13-14-32-21(18)23(29)27(24)15-9-11-16(30-2)12-10-15/h5-14,20H,4H2,1-3H3,(H,25,28). The molecule has 4 aromatic rings. The minimum Gasteiger partial charge on any atom is -0.497 e. The van der Waals surface area contributed by atoms with Gasteiger partial charge in [-0.3, -0.25) is 14.2 Å². The van der Waals surface area contributed by atoms with Crippen LogP contribution in [0.5, 0.6) is 11.5 Å². The van der Waals surface area contributed by atoms with Crippen molar-refractivity contribution in [1.29, 1.82) is 0 Å². The number of ether oxygens (including phenoxy) is 2. The minimum absolute atomic E-state index is 0.164. The Bertz CT molecular complexity index is 1330. The Labute approximate surface area is 199 Å². The van der Waals surface area contributed by atoms with E-state index in [1.165, 1.54) is 23.1 Å². The van der Waals surface area contributed by atoms with Crippen molar-refractivity contribution in [3.63, 3.8) is 0 Å². The zero-order valence-corrected chi connectivity index (χ0v) is 20.0. The van der Waals surface area contributed by atoms with Crippen LogP contribution in [0.4, 0.5) is 5.69 Å². The van der Waals surface area contributed by atoms with Crippen LogP contribution < -0.4 is 20.3 Å². The predicted octanol–water partition coefficient (Wildman–Crippen LogP) is 4.97. The number of fused-ring (bicyclic) bond motifs is 1. The van der Waals surface area contributed by atoms with E-state index in [9.17, 15) is 9.59 Å². The van der Waals surface area contributed by atoms with Crippen molar-refractivity contribution in [1.82, 2.24) is 9.55 Å². The number of hydrogen-bond acceptors (Lipinski definition) is 7. The second-order valence-electron chi connectivity index (χ2n) is 7.07. The average Bonchev–Trinajstić information content (AvgIpc) is 3.32. The van der Waals surface area contributed by atoms with Crippen molar-refractivity contribution in [2.24, 2.45) is 0 Å². The molecule has 0 saturated carbocycles. The van der Waals surface area contributed by atoms with E-state index in [1.54, 1.807) is 55.2 Å². The zero-order valence-electron chi connectivity index (χ0n) is 18.4. The lowest BCUT2D eigenvalue weighted by Crippen LogP contribution is -2.27. The predicted molar refractivity (Wildman–Crippen MR) is 133 cm³/mol. The summed E-state index contributed by atoms with van der Waals surface area (Å²) >= 11 is 2.62. The molecule has 2 aromatic heterocycles. The largest absolute Gasteiger partial charge is 0.497 e. The molecule has 0 aliphatic rings. The summed E-state index contributed by atoms with van der Waals surface area (Å²) in [7, 11) is 3.15. The van der Waals surface area contributed by atoms with E-state index in [2.05, 4.69) is 5.32 Å². The van der Waals surface area contributed by atoms with Gasteiger partial charge in [0.25, 0.3) is 5.56 Å². The van der Waals surface area contributed by atoms with Gasteiger partial charge in [0.2, 0.25) is 5.91 Å². The number of benzene rings is 2. The first-order chi connectivity index (χ1) is 16.0. The van der Waals surface area contributed by atoms with Crippen LogP contribution in [0.25, 0.3) is 15.9 Å². The van der Waals surface area contributed by atoms with Crippen LogP contribution in [0, 0.1) is 0 Å². The molecule has 0 bridgehead atoms. The number of amides is 1. The zero-order chi connectivity index (χ0) is 23.4. The molecule has 1 N–H and O–H groups in total. The molecule has 1 atom stereocenters. The first-order valence-electron chi connectivity index (χ1n) is 10.3. The van der Waals surface area contributed by atoms with Gasteiger partial charge >= 0.3 is 0 Å². The fraction of sp³-hybridized carbons (Fsp3) is 0.208. The molecule has 33 heavy (non-hydrogen) atoms. The lowest BCUT2D eigenvalue weighted by molar-refractivity contribution is -0.115. The third-order valence-electron chi connectivity index (χ3n) is 5.06. The third-order valence-corrected chi connectivity index (χ3v) is 7.26. The summed E-state index contributed by atoms with van der Waals surface area (Å²) in [6.45, 7) is 1.93. The molecule has 0 spiro atoms. The second-order valence-corrected chi connectivity index (χ2v) is 9.16. The highest BCUT2D eigenvalue weighted by Gasteiger charge is 2.24. The van der Waals surface area contributed by atoms with E-state index < -0.39 is 5.25 Å². The van der Waals surface area contributed by atoms with Crippen LogP contribution >= 0.6 is 23.1 Å². The highest BCUT2D eigenvalue weighted by atomic mass is 32.2. The molecule has 170 valence electrons. The Kier molecular flexibility index (Phi) is 7.00. The van der Waals surface area contributed by atoms with Crippen LogP contribution in [0.15, 0.2) is 69.9 Å². The molecule has 9 heteroatoms. The number of carbonyl (C=O) groups is 1. The van der Waals surface area contributed by atoms with Gasteiger partial charge in [-0.05, 0) is 54.3 Å². The maximum Gasteiger partial charge on any atom is 0.276 e. The molecule has 1 amide bonds. The third kappa shape index (κ3) is 4.74. The normalized spacial score (nSPS) is 11.8. The van der Waals surface area contributed by atoms with Crippen molar-refractivity contribution in [2.45, 2.75) is 23.8 Å². The van der Waals surface area contributed by atoms with Crippen molar-refractivity contribution in [3.05, 3.63) is 70.3 Å². The summed E-state index contributed by atoms with van der Waals surface area (Å²) in [6, 6.07) is 16.3. The molecular weight excluding hydrogens is 458 g/mol. The van der Waals surface area contributed by atoms with E-state index in [1.807, 2.05) is 30.5 Å². The molecule has 4 rings (SSSR count). The molecule has 0 aliphatic carbocycles. The maximum absolute atomic E-state index is 13.4. The van der Waals surface area contributed by atoms with Gasteiger partial charge in [0.05, 0.1) is 36.4 Å². The van der Waals surface area contributed by atoms with Gasteiger partial charge in [-0.15, -0.1) is 11.3 Å². The molecule has 0 fully saturated rings. The fourth-order valence-corrected chi connectivity index (χ4v) is 5.13. The molecule has 1 unspecified atom stereocenters. The second kappa shape index (κ2) is 10.1. The van der Waals surface area contributed by atoms with Gasteiger partial charge in [0.15, 0.2) is 5.16 Å². The number of para-hydroxylation sites is 2. The highest BCUT2D eigenvalue weighted by Crippen LogP contribution is 2.30. The lowest BCUT2D eigenvalue weighted by atomic mass is 10.2. The summed E-state index contributed by atoms with van der Waals surface area (Å²) in [5.74, 6) is 1.08. The molecule has 2 aromatic carbocycles. The Morgan fingerprint density at radius 2 is 1.88 bits per heavy atom. The fourth-order valence-electron chi connectivity index (χ4n) is 3.34. The van der Waals surface area contributed by atoms with Gasteiger partial charge in [-0.1, -0.05) is 30.8 Å². The molecule has 7 nitrogen and oxygen atoms in total. The molecule has 0 saturated heterocycles. The van der Waals surface area contributed by atoms with E-state index in [4.69, 9.17) is 14.5 Å². The Morgan fingerprint density at radius 1 is 1.12 bits per heavy atom. The number of nitrogens with one attached hydrogen (secondary N) is 1. The Morgan fingerprint density at radius 3 is 2.58 bits per heavy atom. The van der Waals surface area contributed by atoms with E-state index in [0.717, 1.165) is 0 Å². The van der Waals surface area contributed by atoms with Crippen molar-refractivity contribution in [2.75, 3.05) is 19.5 Å². The quantitative estimate of drug-likeness (QED) is 0.283. The number of nitrogens with zero attached hydrogens (tertiary/aromatic N) is 2. The van der Waals surface area contributed by atoms with Gasteiger partial charge in [0.1, 0.15) is 16.2 Å². The average molecular weight is 482 g/mol. The number of carbonyl (C=O) groups excluding carboxylic acids is 1. The molecule has 0 radical (unpaired) electrons. The van der Waals surface area contributed by atoms with Crippen LogP contribution in [-0.4, -0.2) is 34.9 Å². The highest BCUT2D eigenvalue weighted by molar-refractivity contribution is 8.00. The van der Waals surface area contributed by atoms with Gasteiger partial charge in [-0.2, -0.15) is 0 Å².